The molecule has 0 aromatic carbocycles. The largest absolute Gasteiger partial charge is 0.351 e. The summed E-state index contributed by atoms with van der Waals surface area (Å²) in [7, 11) is 1.92. The lowest BCUT2D eigenvalue weighted by molar-refractivity contribution is 0.526. The third-order valence-corrected chi connectivity index (χ3v) is 2.49. The quantitative estimate of drug-likeness (QED) is 0.857. The van der Waals surface area contributed by atoms with Crippen molar-refractivity contribution in [3.05, 3.63) is 30.4 Å². The Morgan fingerprint density at radius 3 is 2.88 bits per heavy atom. The van der Waals surface area contributed by atoms with Gasteiger partial charge in [0.25, 0.3) is 0 Å². The van der Waals surface area contributed by atoms with Crippen LogP contribution in [0, 0.1) is 5.92 Å². The van der Waals surface area contributed by atoms with E-state index in [-0.39, 0.29) is 0 Å². The van der Waals surface area contributed by atoms with Gasteiger partial charge in [-0.3, -0.25) is 4.68 Å². The fraction of sp³-hybridized carbons (Fsp3) is 0.500. The summed E-state index contributed by atoms with van der Waals surface area (Å²) in [6, 6.07) is 0. The first-order valence-corrected chi connectivity index (χ1v) is 5.87. The van der Waals surface area contributed by atoms with Crippen molar-refractivity contribution in [2.45, 2.75) is 26.9 Å². The molecule has 2 aromatic rings. The zero-order chi connectivity index (χ0) is 12.3. The average molecular weight is 233 g/mol. The highest BCUT2D eigenvalue weighted by Gasteiger charge is 2.04. The van der Waals surface area contributed by atoms with E-state index in [1.54, 1.807) is 4.68 Å². The third kappa shape index (κ3) is 3.09. The Morgan fingerprint density at radius 2 is 2.24 bits per heavy atom. The molecule has 0 aliphatic rings. The number of hydrogen-bond acceptors (Lipinski definition) is 3. The van der Waals surface area contributed by atoms with E-state index >= 15 is 0 Å². The molecule has 92 valence electrons. The van der Waals surface area contributed by atoms with Gasteiger partial charge in [0.05, 0.1) is 6.20 Å². The second-order valence-corrected chi connectivity index (χ2v) is 4.67. The fourth-order valence-corrected chi connectivity index (χ4v) is 1.76. The summed E-state index contributed by atoms with van der Waals surface area (Å²) in [5.74, 6) is 1.53. The van der Waals surface area contributed by atoms with Crippen LogP contribution in [0.15, 0.2) is 24.8 Å². The lowest BCUT2D eigenvalue weighted by atomic mass is 10.2. The van der Waals surface area contributed by atoms with Crippen LogP contribution in [0.5, 0.6) is 0 Å². The Balaban J connectivity index is 1.97. The first-order chi connectivity index (χ1) is 8.15. The number of hydrogen-bond donors (Lipinski definition) is 1. The molecule has 1 N–H and O–H groups in total. The highest BCUT2D eigenvalue weighted by Crippen LogP contribution is 2.09. The van der Waals surface area contributed by atoms with E-state index in [0.29, 0.717) is 5.92 Å². The third-order valence-electron chi connectivity index (χ3n) is 2.49. The number of aromatic nitrogens is 4. The molecular formula is C12H19N5. The van der Waals surface area contributed by atoms with Crippen molar-refractivity contribution in [1.29, 1.82) is 0 Å². The number of rotatable bonds is 5. The van der Waals surface area contributed by atoms with Gasteiger partial charge in [-0.05, 0) is 5.92 Å². The van der Waals surface area contributed by atoms with Crippen molar-refractivity contribution in [3.63, 3.8) is 0 Å². The SMILES string of the molecule is CC(C)Cn1ccnc1NCc1cnn(C)c1. The Hall–Kier alpha value is -1.78. The molecule has 0 fully saturated rings. The molecule has 17 heavy (non-hydrogen) atoms. The van der Waals surface area contributed by atoms with Crippen LogP contribution in [0.25, 0.3) is 0 Å². The molecule has 0 bridgehead atoms. The Kier molecular flexibility index (Phi) is 3.46. The Morgan fingerprint density at radius 1 is 1.41 bits per heavy atom. The number of aryl methyl sites for hydroxylation is 1. The molecule has 0 aliphatic carbocycles. The maximum atomic E-state index is 4.32. The molecule has 0 unspecified atom stereocenters. The van der Waals surface area contributed by atoms with Crippen LogP contribution in [0.4, 0.5) is 5.95 Å². The van der Waals surface area contributed by atoms with Crippen LogP contribution in [0.1, 0.15) is 19.4 Å². The van der Waals surface area contributed by atoms with Crippen LogP contribution in [-0.4, -0.2) is 19.3 Å². The van der Waals surface area contributed by atoms with E-state index in [9.17, 15) is 0 Å². The van der Waals surface area contributed by atoms with Crippen molar-refractivity contribution in [2.75, 3.05) is 5.32 Å². The van der Waals surface area contributed by atoms with Crippen molar-refractivity contribution in [3.8, 4) is 0 Å². The van der Waals surface area contributed by atoms with Gasteiger partial charge in [-0.25, -0.2) is 4.98 Å². The predicted octanol–water partition coefficient (Wildman–Crippen LogP) is 1.88. The van der Waals surface area contributed by atoms with Gasteiger partial charge >= 0.3 is 0 Å². The molecule has 2 heterocycles. The maximum Gasteiger partial charge on any atom is 0.203 e. The molecule has 0 aliphatic heterocycles. The van der Waals surface area contributed by atoms with Gasteiger partial charge < -0.3 is 9.88 Å². The molecule has 0 amide bonds. The van der Waals surface area contributed by atoms with E-state index in [1.165, 1.54) is 0 Å². The van der Waals surface area contributed by atoms with Crippen LogP contribution < -0.4 is 5.32 Å². The molecule has 2 rings (SSSR count). The highest BCUT2D eigenvalue weighted by molar-refractivity contribution is 5.27. The van der Waals surface area contributed by atoms with Gasteiger partial charge in [-0.15, -0.1) is 0 Å². The van der Waals surface area contributed by atoms with Crippen molar-refractivity contribution in [1.82, 2.24) is 19.3 Å². The maximum absolute atomic E-state index is 4.32. The molecule has 5 nitrogen and oxygen atoms in total. The van der Waals surface area contributed by atoms with Crippen LogP contribution in [0.3, 0.4) is 0 Å². The Labute approximate surface area is 101 Å². The summed E-state index contributed by atoms with van der Waals surface area (Å²) in [5, 5.41) is 7.46. The summed E-state index contributed by atoms with van der Waals surface area (Å²) >= 11 is 0. The van der Waals surface area contributed by atoms with Crippen molar-refractivity contribution in [2.24, 2.45) is 13.0 Å². The lowest BCUT2D eigenvalue weighted by Crippen LogP contribution is -2.09. The fourth-order valence-electron chi connectivity index (χ4n) is 1.76. The number of imidazole rings is 1. The second kappa shape index (κ2) is 5.03. The van der Waals surface area contributed by atoms with Gasteiger partial charge in [-0.2, -0.15) is 5.10 Å². The van der Waals surface area contributed by atoms with Gasteiger partial charge in [0.1, 0.15) is 0 Å². The van der Waals surface area contributed by atoms with E-state index in [0.717, 1.165) is 24.6 Å². The first-order valence-electron chi connectivity index (χ1n) is 5.87. The average Bonchev–Trinajstić information content (AvgIpc) is 2.84. The molecule has 0 saturated heterocycles. The molecule has 0 saturated carbocycles. The molecule has 5 heteroatoms. The normalized spacial score (nSPS) is 11.1. The van der Waals surface area contributed by atoms with E-state index in [4.69, 9.17) is 0 Å². The van der Waals surface area contributed by atoms with Crippen molar-refractivity contribution >= 4 is 5.95 Å². The minimum atomic E-state index is 0.614. The van der Waals surface area contributed by atoms with Gasteiger partial charge in [-0.1, -0.05) is 13.8 Å². The van der Waals surface area contributed by atoms with Gasteiger partial charge in [0.2, 0.25) is 5.95 Å². The summed E-state index contributed by atoms with van der Waals surface area (Å²) < 4.78 is 3.94. The van der Waals surface area contributed by atoms with E-state index in [2.05, 4.69) is 33.8 Å². The molecule has 0 spiro atoms. The smallest absolute Gasteiger partial charge is 0.203 e. The topological polar surface area (TPSA) is 47.7 Å². The van der Waals surface area contributed by atoms with Gasteiger partial charge in [0, 0.05) is 44.3 Å². The van der Waals surface area contributed by atoms with Crippen molar-refractivity contribution < 1.29 is 0 Å². The first kappa shape index (κ1) is 11.7. The minimum Gasteiger partial charge on any atom is -0.351 e. The standard InChI is InChI=1S/C12H19N5/c1-10(2)8-17-5-4-13-12(17)14-6-11-7-15-16(3)9-11/h4-5,7,9-10H,6,8H2,1-3H3,(H,13,14). The Bertz CT molecular complexity index is 469. The zero-order valence-corrected chi connectivity index (χ0v) is 10.6. The van der Waals surface area contributed by atoms with Crippen LogP contribution in [-0.2, 0) is 20.1 Å². The molecular weight excluding hydrogens is 214 g/mol. The van der Waals surface area contributed by atoms with E-state index in [1.807, 2.05) is 31.8 Å². The minimum absolute atomic E-state index is 0.614. The molecule has 0 atom stereocenters. The van der Waals surface area contributed by atoms with Gasteiger partial charge in [0.15, 0.2) is 0 Å². The summed E-state index contributed by atoms with van der Waals surface area (Å²) in [6.45, 7) is 6.13. The number of nitrogens with zero attached hydrogens (tertiary/aromatic N) is 4. The summed E-state index contributed by atoms with van der Waals surface area (Å²) in [4.78, 5) is 4.32. The summed E-state index contributed by atoms with van der Waals surface area (Å²) in [5.41, 5.74) is 1.16. The zero-order valence-electron chi connectivity index (χ0n) is 10.6. The predicted molar refractivity (Wildman–Crippen MR) is 67.6 cm³/mol. The monoisotopic (exact) mass is 233 g/mol. The molecule has 2 aromatic heterocycles. The highest BCUT2D eigenvalue weighted by atomic mass is 15.2. The number of nitrogens with one attached hydrogen (secondary N) is 1. The summed E-state index contributed by atoms with van der Waals surface area (Å²) in [6.07, 6.45) is 7.70. The van der Waals surface area contributed by atoms with Crippen LogP contribution >= 0.6 is 0 Å². The second-order valence-electron chi connectivity index (χ2n) is 4.67. The number of anilines is 1. The lowest BCUT2D eigenvalue weighted by Gasteiger charge is -2.11. The molecule has 0 radical (unpaired) electrons. The van der Waals surface area contributed by atoms with E-state index < -0.39 is 0 Å². The van der Waals surface area contributed by atoms with Crippen LogP contribution in [0.2, 0.25) is 0 Å².